The molecule has 29 heavy (non-hydrogen) atoms. The lowest BCUT2D eigenvalue weighted by atomic mass is 10.0. The van der Waals surface area contributed by atoms with Crippen molar-refractivity contribution in [3.05, 3.63) is 90.0 Å². The van der Waals surface area contributed by atoms with Gasteiger partial charge in [0.2, 0.25) is 0 Å². The van der Waals surface area contributed by atoms with Crippen molar-refractivity contribution in [2.75, 3.05) is 17.2 Å². The molecule has 0 bridgehead atoms. The van der Waals surface area contributed by atoms with Crippen LogP contribution in [0.25, 0.3) is 0 Å². The van der Waals surface area contributed by atoms with E-state index in [1.165, 1.54) is 6.92 Å². The fourth-order valence-corrected chi connectivity index (χ4v) is 2.96. The van der Waals surface area contributed by atoms with Crippen molar-refractivity contribution in [1.82, 2.24) is 0 Å². The van der Waals surface area contributed by atoms with Gasteiger partial charge in [0.1, 0.15) is 11.8 Å². The van der Waals surface area contributed by atoms with Gasteiger partial charge in [0.15, 0.2) is 5.78 Å². The number of Topliss-reactive ketones (excluding diaryl/α,β-unsaturated/α-hetero) is 1. The van der Waals surface area contributed by atoms with Crippen LogP contribution in [0.15, 0.2) is 78.9 Å². The first-order valence-corrected chi connectivity index (χ1v) is 9.53. The molecule has 0 fully saturated rings. The molecule has 0 aromatic heterocycles. The zero-order valence-electron chi connectivity index (χ0n) is 16.5. The minimum atomic E-state index is -0.602. The summed E-state index contributed by atoms with van der Waals surface area (Å²) in [5.41, 5.74) is 2.77. The summed E-state index contributed by atoms with van der Waals surface area (Å²) in [5, 5.41) is 6.20. The molecule has 2 N–H and O–H groups in total. The fraction of sp³-hybridized carbons (Fsp3) is 0.167. The Morgan fingerprint density at radius 2 is 1.62 bits per heavy atom. The first-order chi connectivity index (χ1) is 14.1. The molecule has 1 atom stereocenters. The maximum absolute atomic E-state index is 13.1. The quantitative estimate of drug-likeness (QED) is 0.528. The molecule has 0 aliphatic carbocycles. The van der Waals surface area contributed by atoms with Crippen LogP contribution in [0.1, 0.15) is 35.8 Å². The number of carbonyl (C=O) groups excluding carboxylic acids is 2. The van der Waals surface area contributed by atoms with Crippen molar-refractivity contribution in [3.63, 3.8) is 0 Å². The van der Waals surface area contributed by atoms with Crippen molar-refractivity contribution >= 4 is 23.1 Å². The Kier molecular flexibility index (Phi) is 6.63. The highest BCUT2D eigenvalue weighted by atomic mass is 16.5. The molecule has 5 nitrogen and oxygen atoms in total. The first-order valence-electron chi connectivity index (χ1n) is 9.53. The smallest absolute Gasteiger partial charge is 0.251 e. The summed E-state index contributed by atoms with van der Waals surface area (Å²) in [4.78, 5) is 24.7. The molecule has 0 radical (unpaired) electrons. The maximum Gasteiger partial charge on any atom is 0.251 e. The monoisotopic (exact) mass is 388 g/mol. The van der Waals surface area contributed by atoms with Crippen molar-refractivity contribution < 1.29 is 14.3 Å². The summed E-state index contributed by atoms with van der Waals surface area (Å²) < 4.78 is 5.47. The van der Waals surface area contributed by atoms with Gasteiger partial charge in [-0.1, -0.05) is 42.5 Å². The van der Waals surface area contributed by atoms with Crippen LogP contribution in [-0.4, -0.2) is 18.3 Å². The number of ether oxygens (including phenoxy) is 1. The van der Waals surface area contributed by atoms with Gasteiger partial charge >= 0.3 is 0 Å². The minimum Gasteiger partial charge on any atom is -0.494 e. The molecule has 0 aliphatic rings. The number of carbonyl (C=O) groups is 2. The first kappa shape index (κ1) is 20.1. The molecule has 0 unspecified atom stereocenters. The Labute approximate surface area is 170 Å². The Morgan fingerprint density at radius 3 is 2.28 bits per heavy atom. The molecular weight excluding hydrogens is 364 g/mol. The van der Waals surface area contributed by atoms with E-state index in [0.29, 0.717) is 17.9 Å². The molecule has 0 spiro atoms. The lowest BCUT2D eigenvalue weighted by Gasteiger charge is -2.20. The molecule has 148 valence electrons. The summed E-state index contributed by atoms with van der Waals surface area (Å²) in [6, 6.07) is 23.3. The Balaban J connectivity index is 1.82. The third-order valence-electron chi connectivity index (χ3n) is 4.41. The lowest BCUT2D eigenvalue weighted by Crippen LogP contribution is -2.27. The number of anilines is 2. The van der Waals surface area contributed by atoms with E-state index in [2.05, 4.69) is 10.6 Å². The number of nitrogens with one attached hydrogen (secondary N) is 2. The molecule has 1 amide bonds. The molecule has 0 aliphatic heterocycles. The van der Waals surface area contributed by atoms with Gasteiger partial charge in [-0.15, -0.1) is 0 Å². The van der Waals surface area contributed by atoms with Crippen LogP contribution in [0.2, 0.25) is 0 Å². The third kappa shape index (κ3) is 5.45. The summed E-state index contributed by atoms with van der Waals surface area (Å²) in [7, 11) is 0. The van der Waals surface area contributed by atoms with Gasteiger partial charge in [0.05, 0.1) is 6.61 Å². The minimum absolute atomic E-state index is 0.0479. The van der Waals surface area contributed by atoms with Crippen molar-refractivity contribution in [2.24, 2.45) is 0 Å². The largest absolute Gasteiger partial charge is 0.494 e. The highest BCUT2D eigenvalue weighted by molar-refractivity contribution is 5.99. The predicted octanol–water partition coefficient (Wildman–Crippen LogP) is 5.08. The van der Waals surface area contributed by atoms with Gasteiger partial charge in [-0.3, -0.25) is 9.59 Å². The van der Waals surface area contributed by atoms with E-state index in [0.717, 1.165) is 17.0 Å². The van der Waals surface area contributed by atoms with Gasteiger partial charge in [-0.2, -0.15) is 0 Å². The van der Waals surface area contributed by atoms with Crippen LogP contribution in [0, 0.1) is 0 Å². The summed E-state index contributed by atoms with van der Waals surface area (Å²) in [6.45, 7) is 4.03. The normalized spacial score (nSPS) is 11.4. The number of hydrogen-bond donors (Lipinski definition) is 2. The van der Waals surface area contributed by atoms with E-state index in [4.69, 9.17) is 4.74 Å². The molecule has 5 heteroatoms. The van der Waals surface area contributed by atoms with E-state index < -0.39 is 6.04 Å². The molecule has 0 heterocycles. The second-order valence-electron chi connectivity index (χ2n) is 6.57. The van der Waals surface area contributed by atoms with E-state index in [1.807, 2.05) is 61.5 Å². The number of ketones is 1. The maximum atomic E-state index is 13.1. The average Bonchev–Trinajstić information content (AvgIpc) is 2.74. The van der Waals surface area contributed by atoms with Crippen LogP contribution >= 0.6 is 0 Å². The molecule has 0 saturated heterocycles. The second kappa shape index (κ2) is 9.55. The van der Waals surface area contributed by atoms with Crippen molar-refractivity contribution in [3.8, 4) is 5.75 Å². The van der Waals surface area contributed by atoms with Crippen LogP contribution in [-0.2, 0) is 4.79 Å². The predicted molar refractivity (Wildman–Crippen MR) is 115 cm³/mol. The van der Waals surface area contributed by atoms with Crippen molar-refractivity contribution in [1.29, 1.82) is 0 Å². The zero-order valence-corrected chi connectivity index (χ0v) is 16.5. The molecule has 3 aromatic carbocycles. The summed E-state index contributed by atoms with van der Waals surface area (Å²) in [5.74, 6) is 0.513. The third-order valence-corrected chi connectivity index (χ3v) is 4.41. The fourth-order valence-electron chi connectivity index (χ4n) is 2.96. The van der Waals surface area contributed by atoms with Gasteiger partial charge in [-0.25, -0.2) is 0 Å². The second-order valence-corrected chi connectivity index (χ2v) is 6.57. The van der Waals surface area contributed by atoms with Gasteiger partial charge < -0.3 is 15.4 Å². The van der Waals surface area contributed by atoms with Gasteiger partial charge in [-0.05, 0) is 55.8 Å². The number of hydrogen-bond acceptors (Lipinski definition) is 4. The van der Waals surface area contributed by atoms with Crippen LogP contribution < -0.4 is 15.4 Å². The van der Waals surface area contributed by atoms with E-state index >= 15 is 0 Å². The summed E-state index contributed by atoms with van der Waals surface area (Å²) >= 11 is 0. The number of amides is 1. The van der Waals surface area contributed by atoms with Crippen LogP contribution in [0.3, 0.4) is 0 Å². The average molecular weight is 388 g/mol. The van der Waals surface area contributed by atoms with Crippen molar-refractivity contribution in [2.45, 2.75) is 19.9 Å². The van der Waals surface area contributed by atoms with Gasteiger partial charge in [0.25, 0.3) is 5.91 Å². The molecule has 0 saturated carbocycles. The van der Waals surface area contributed by atoms with E-state index in [9.17, 15) is 9.59 Å². The molecule has 3 aromatic rings. The zero-order chi connectivity index (χ0) is 20.6. The molecular formula is C24H24N2O3. The molecule has 3 rings (SSSR count). The van der Waals surface area contributed by atoms with Crippen LogP contribution in [0.5, 0.6) is 5.75 Å². The van der Waals surface area contributed by atoms with E-state index in [1.54, 1.807) is 24.3 Å². The van der Waals surface area contributed by atoms with Gasteiger partial charge in [0, 0.05) is 16.9 Å². The highest BCUT2D eigenvalue weighted by Gasteiger charge is 2.21. The Hall–Kier alpha value is -3.60. The van der Waals surface area contributed by atoms with Crippen LogP contribution in [0.4, 0.5) is 11.4 Å². The number of benzene rings is 3. The topological polar surface area (TPSA) is 67.4 Å². The Morgan fingerprint density at radius 1 is 0.897 bits per heavy atom. The van der Waals surface area contributed by atoms with E-state index in [-0.39, 0.29) is 11.7 Å². The Bertz CT molecular complexity index is 969. The summed E-state index contributed by atoms with van der Waals surface area (Å²) in [6.07, 6.45) is 0. The number of rotatable bonds is 8. The highest BCUT2D eigenvalue weighted by Crippen LogP contribution is 2.24. The standard InChI is InChI=1S/C24H24N2O3/c1-3-29-22-14-12-20(13-15-22)25-23(18-8-5-4-6-9-18)24(28)26-21-11-7-10-19(16-21)17(2)27/h4-16,23,25H,3H2,1-2H3,(H,26,28)/t23-/m0/s1. The SMILES string of the molecule is CCOc1ccc(N[C@H](C(=O)Nc2cccc(C(C)=O)c2)c2ccccc2)cc1. The lowest BCUT2D eigenvalue weighted by molar-refractivity contribution is -0.117.